The highest BCUT2D eigenvalue weighted by Crippen LogP contribution is 2.14. The Morgan fingerprint density at radius 1 is 1.12 bits per heavy atom. The molecule has 0 aliphatic heterocycles. The van der Waals surface area contributed by atoms with Crippen molar-refractivity contribution >= 4 is 0 Å². The number of hydrogen-bond donors (Lipinski definition) is 1. The number of furan rings is 1. The normalized spacial score (nSPS) is 11.9. The van der Waals surface area contributed by atoms with Gasteiger partial charge in [-0.1, -0.05) is 27.7 Å². The van der Waals surface area contributed by atoms with Crippen molar-refractivity contribution in [1.29, 1.82) is 0 Å². The lowest BCUT2D eigenvalue weighted by Crippen LogP contribution is -2.31. The highest BCUT2D eigenvalue weighted by Gasteiger charge is 2.12. The van der Waals surface area contributed by atoms with Crippen LogP contribution in [0, 0.1) is 11.8 Å². The summed E-state index contributed by atoms with van der Waals surface area (Å²) in [5.41, 5.74) is 1.23. The number of nitrogens with one attached hydrogen (secondary N) is 1. The van der Waals surface area contributed by atoms with Gasteiger partial charge in [-0.15, -0.1) is 0 Å². The first kappa shape index (κ1) is 13.3. The second kappa shape index (κ2) is 6.74. The first-order valence-electron chi connectivity index (χ1n) is 6.32. The molecule has 2 nitrogen and oxygen atoms in total. The van der Waals surface area contributed by atoms with Crippen LogP contribution in [0.5, 0.6) is 0 Å². The molecular weight excluding hydrogens is 198 g/mol. The second-order valence-electron chi connectivity index (χ2n) is 5.47. The Kier molecular flexibility index (Phi) is 5.61. The molecule has 1 aromatic heterocycles. The third-order valence-electron chi connectivity index (χ3n) is 2.69. The molecule has 0 spiro atoms. The summed E-state index contributed by atoms with van der Waals surface area (Å²) in [4.78, 5) is 0. The molecule has 0 aliphatic carbocycles. The molecular formula is C14H25NO. The van der Waals surface area contributed by atoms with E-state index in [9.17, 15) is 0 Å². The van der Waals surface area contributed by atoms with E-state index in [-0.39, 0.29) is 0 Å². The summed E-state index contributed by atoms with van der Waals surface area (Å²) in [7, 11) is 0. The van der Waals surface area contributed by atoms with E-state index in [1.165, 1.54) is 18.4 Å². The molecule has 16 heavy (non-hydrogen) atoms. The quantitative estimate of drug-likeness (QED) is 0.760. The molecule has 92 valence electrons. The molecule has 0 unspecified atom stereocenters. The first-order valence-corrected chi connectivity index (χ1v) is 6.32. The summed E-state index contributed by atoms with van der Waals surface area (Å²) in [6.45, 7) is 10.1. The Labute approximate surface area is 99.4 Å². The molecule has 0 bridgehead atoms. The van der Waals surface area contributed by atoms with E-state index in [2.05, 4.69) is 33.0 Å². The average Bonchev–Trinajstić information content (AvgIpc) is 2.64. The van der Waals surface area contributed by atoms with Crippen molar-refractivity contribution in [3.05, 3.63) is 24.2 Å². The Balaban J connectivity index is 2.37. The summed E-state index contributed by atoms with van der Waals surface area (Å²) in [6.07, 6.45) is 6.04. The van der Waals surface area contributed by atoms with Gasteiger partial charge in [-0.25, -0.2) is 0 Å². The Morgan fingerprint density at radius 2 is 1.75 bits per heavy atom. The van der Waals surface area contributed by atoms with Gasteiger partial charge >= 0.3 is 0 Å². The molecule has 2 heteroatoms. The fraction of sp³-hybridized carbons (Fsp3) is 0.714. The van der Waals surface area contributed by atoms with Crippen LogP contribution in [0.3, 0.4) is 0 Å². The zero-order valence-corrected chi connectivity index (χ0v) is 11.0. The van der Waals surface area contributed by atoms with Crippen molar-refractivity contribution < 1.29 is 4.42 Å². The molecule has 0 fully saturated rings. The van der Waals surface area contributed by atoms with Crippen molar-refractivity contribution in [2.75, 3.05) is 0 Å². The van der Waals surface area contributed by atoms with E-state index in [4.69, 9.17) is 4.42 Å². The van der Waals surface area contributed by atoms with Crippen molar-refractivity contribution in [3.8, 4) is 0 Å². The summed E-state index contributed by atoms with van der Waals surface area (Å²) < 4.78 is 5.07. The lowest BCUT2D eigenvalue weighted by atomic mass is 9.95. The molecule has 0 saturated heterocycles. The van der Waals surface area contributed by atoms with E-state index in [0.717, 1.165) is 18.4 Å². The van der Waals surface area contributed by atoms with Gasteiger partial charge in [0, 0.05) is 18.2 Å². The predicted molar refractivity (Wildman–Crippen MR) is 68.2 cm³/mol. The largest absolute Gasteiger partial charge is 0.472 e. The van der Waals surface area contributed by atoms with Gasteiger partial charge in [0.25, 0.3) is 0 Å². The molecule has 0 atom stereocenters. The zero-order chi connectivity index (χ0) is 12.0. The highest BCUT2D eigenvalue weighted by molar-refractivity contribution is 5.04. The minimum atomic E-state index is 0.620. The van der Waals surface area contributed by atoms with Crippen LogP contribution in [0.2, 0.25) is 0 Å². The summed E-state index contributed by atoms with van der Waals surface area (Å²) in [5, 5.41) is 3.62. The molecule has 0 radical (unpaired) electrons. The van der Waals surface area contributed by atoms with Crippen LogP contribution in [0.4, 0.5) is 0 Å². The summed E-state index contributed by atoms with van der Waals surface area (Å²) >= 11 is 0. The van der Waals surface area contributed by atoms with E-state index >= 15 is 0 Å². The fourth-order valence-electron chi connectivity index (χ4n) is 2.06. The lowest BCUT2D eigenvalue weighted by Gasteiger charge is -2.22. The van der Waals surface area contributed by atoms with Crippen molar-refractivity contribution in [2.24, 2.45) is 11.8 Å². The SMILES string of the molecule is CC(C)CC(CC(C)C)NCc1ccoc1. The molecule has 0 saturated carbocycles. The smallest absolute Gasteiger partial charge is 0.0947 e. The molecule has 0 amide bonds. The summed E-state index contributed by atoms with van der Waals surface area (Å²) in [5.74, 6) is 1.50. The van der Waals surface area contributed by atoms with Crippen LogP contribution < -0.4 is 5.32 Å². The number of rotatable bonds is 7. The fourth-order valence-corrected chi connectivity index (χ4v) is 2.06. The van der Waals surface area contributed by atoms with Gasteiger partial charge in [0.2, 0.25) is 0 Å². The van der Waals surface area contributed by atoms with Gasteiger partial charge in [0.15, 0.2) is 0 Å². The van der Waals surface area contributed by atoms with Gasteiger partial charge in [-0.05, 0) is 30.7 Å². The molecule has 1 aromatic rings. The topological polar surface area (TPSA) is 25.2 Å². The van der Waals surface area contributed by atoms with Gasteiger partial charge in [-0.3, -0.25) is 0 Å². The van der Waals surface area contributed by atoms with E-state index in [0.29, 0.717) is 6.04 Å². The minimum absolute atomic E-state index is 0.620. The van der Waals surface area contributed by atoms with E-state index in [1.807, 2.05) is 12.3 Å². The van der Waals surface area contributed by atoms with Gasteiger partial charge in [0.05, 0.1) is 12.5 Å². The van der Waals surface area contributed by atoms with Gasteiger partial charge < -0.3 is 9.73 Å². The standard InChI is InChI=1S/C14H25NO/c1-11(2)7-14(8-12(3)4)15-9-13-5-6-16-10-13/h5-6,10-12,14-15H,7-9H2,1-4H3. The Morgan fingerprint density at radius 3 is 2.19 bits per heavy atom. The highest BCUT2D eigenvalue weighted by atomic mass is 16.3. The third kappa shape index (κ3) is 5.36. The Hall–Kier alpha value is -0.760. The first-order chi connectivity index (χ1) is 7.58. The van der Waals surface area contributed by atoms with Crippen LogP contribution >= 0.6 is 0 Å². The zero-order valence-electron chi connectivity index (χ0n) is 11.0. The van der Waals surface area contributed by atoms with Crippen molar-refractivity contribution in [1.82, 2.24) is 5.32 Å². The van der Waals surface area contributed by atoms with Crippen molar-refractivity contribution in [2.45, 2.75) is 53.1 Å². The van der Waals surface area contributed by atoms with E-state index in [1.54, 1.807) is 6.26 Å². The van der Waals surface area contributed by atoms with Crippen LogP contribution in [0.15, 0.2) is 23.0 Å². The van der Waals surface area contributed by atoms with Crippen LogP contribution in [0.25, 0.3) is 0 Å². The van der Waals surface area contributed by atoms with E-state index < -0.39 is 0 Å². The molecule has 0 aromatic carbocycles. The minimum Gasteiger partial charge on any atom is -0.472 e. The third-order valence-corrected chi connectivity index (χ3v) is 2.69. The summed E-state index contributed by atoms with van der Waals surface area (Å²) in [6, 6.07) is 2.64. The maximum Gasteiger partial charge on any atom is 0.0947 e. The molecule has 1 rings (SSSR count). The number of hydrogen-bond acceptors (Lipinski definition) is 2. The van der Waals surface area contributed by atoms with Gasteiger partial charge in [-0.2, -0.15) is 0 Å². The maximum absolute atomic E-state index is 5.07. The Bertz CT molecular complexity index is 254. The predicted octanol–water partition coefficient (Wildman–Crippen LogP) is 3.83. The average molecular weight is 223 g/mol. The molecule has 1 heterocycles. The van der Waals surface area contributed by atoms with Crippen LogP contribution in [-0.2, 0) is 6.54 Å². The van der Waals surface area contributed by atoms with Crippen LogP contribution in [-0.4, -0.2) is 6.04 Å². The van der Waals surface area contributed by atoms with Gasteiger partial charge in [0.1, 0.15) is 0 Å². The maximum atomic E-state index is 5.07. The van der Waals surface area contributed by atoms with Crippen molar-refractivity contribution in [3.63, 3.8) is 0 Å². The second-order valence-corrected chi connectivity index (χ2v) is 5.47. The molecule has 1 N–H and O–H groups in total. The van der Waals surface area contributed by atoms with Crippen LogP contribution in [0.1, 0.15) is 46.1 Å². The lowest BCUT2D eigenvalue weighted by molar-refractivity contribution is 0.358. The monoisotopic (exact) mass is 223 g/mol. The molecule has 0 aliphatic rings.